The molecule has 64 heavy (non-hydrogen) atoms. The third-order valence-electron chi connectivity index (χ3n) is 12.8. The van der Waals surface area contributed by atoms with Gasteiger partial charge in [-0.1, -0.05) is 43.2 Å². The van der Waals surface area contributed by atoms with Crippen LogP contribution < -0.4 is 19.7 Å². The Balaban J connectivity index is 0.990. The number of allylic oxidation sites excluding steroid dienone is 1. The Bertz CT molecular complexity index is 2760. The third kappa shape index (κ3) is 10.4. The number of nitrogens with one attached hydrogen (secondary N) is 3. The molecular weight excluding hydrogens is 876 g/mol. The standard InChI is InChI=1S/C46H55ClN8O7S2/c1-46(2)16-12-34(40(27-46)32-4-6-35(47)7-5-32)30-53-18-20-54(21-19-53)36-8-10-39(43(25-36)62-37-24-33-13-17-49-44(33)51-29-37)45(56)52-64(60,61)38-9-11-41(42(26-38)55(57)58)50-28-31-14-22-63(59,48-3)23-15-31/h4-11,13,17,24-26,29,31,50,63H,12,14-16,18-23,27-28,30H2,1-3H3,(H,48,59)(H,49,51)(H,52,56). The molecule has 2 fully saturated rings. The van der Waals surface area contributed by atoms with Crippen molar-refractivity contribution in [3.05, 3.63) is 117 Å². The first-order valence-corrected chi connectivity index (χ1v) is 25.5. The SMILES string of the molecule is CN=[SH]1(O)CCC(CNc2ccc(S(=O)(=O)NC(=O)c3ccc(N4CCN(CC5=C(c6ccc(Cl)cc6)CC(C)(C)CC5)CC4)cc3Oc3cnc4[nH]ccc4c3)cc2[N+](=O)[O-])CC1. The average molecular weight is 932 g/mol. The lowest BCUT2D eigenvalue weighted by molar-refractivity contribution is -0.384. The molecule has 0 bridgehead atoms. The Morgan fingerprint density at radius 1 is 1.06 bits per heavy atom. The van der Waals surface area contributed by atoms with E-state index in [2.05, 4.69) is 60.1 Å². The number of benzene rings is 3. The summed E-state index contributed by atoms with van der Waals surface area (Å²) in [6.45, 7) is 9.01. The predicted octanol–water partition coefficient (Wildman–Crippen LogP) is 8.82. The lowest BCUT2D eigenvalue weighted by Gasteiger charge is -2.39. The van der Waals surface area contributed by atoms with Gasteiger partial charge in [0.1, 0.15) is 22.8 Å². The summed E-state index contributed by atoms with van der Waals surface area (Å²) >= 11 is 6.24. The number of carbonyl (C=O) groups is 1. The number of piperazine rings is 1. The average Bonchev–Trinajstić information content (AvgIpc) is 3.75. The fourth-order valence-electron chi connectivity index (χ4n) is 8.89. The van der Waals surface area contributed by atoms with Gasteiger partial charge in [-0.25, -0.2) is 18.1 Å². The van der Waals surface area contributed by atoms with Gasteiger partial charge in [0.2, 0.25) is 0 Å². The van der Waals surface area contributed by atoms with Crippen LogP contribution in [-0.2, 0) is 20.1 Å². The van der Waals surface area contributed by atoms with Gasteiger partial charge in [0.25, 0.3) is 21.6 Å². The van der Waals surface area contributed by atoms with E-state index >= 15 is 0 Å². The maximum Gasteiger partial charge on any atom is 0.293 e. The highest BCUT2D eigenvalue weighted by atomic mass is 35.5. The Kier molecular flexibility index (Phi) is 13.2. The van der Waals surface area contributed by atoms with E-state index in [1.165, 1.54) is 41.1 Å². The number of nitrogens with zero attached hydrogens (tertiary/aromatic N) is 5. The van der Waals surface area contributed by atoms with E-state index in [1.54, 1.807) is 31.4 Å². The highest BCUT2D eigenvalue weighted by molar-refractivity contribution is 7.99. The number of carbonyl (C=O) groups excluding carboxylic acids is 1. The quantitative estimate of drug-likeness (QED) is 0.0430. The number of sulfonamides is 1. The molecule has 18 heteroatoms. The van der Waals surface area contributed by atoms with Crippen LogP contribution in [0.5, 0.6) is 11.5 Å². The predicted molar refractivity (Wildman–Crippen MR) is 256 cm³/mol. The minimum absolute atomic E-state index is 0.0486. The van der Waals surface area contributed by atoms with Gasteiger partial charge in [0.15, 0.2) is 0 Å². The molecule has 0 saturated carbocycles. The summed E-state index contributed by atoms with van der Waals surface area (Å²) in [6, 6.07) is 20.3. The number of anilines is 2. The van der Waals surface area contributed by atoms with Gasteiger partial charge in [0, 0.05) is 92.2 Å². The maximum absolute atomic E-state index is 14.0. The van der Waals surface area contributed by atoms with Crippen LogP contribution in [0.3, 0.4) is 0 Å². The molecule has 5 aromatic rings. The molecule has 1 aliphatic carbocycles. The van der Waals surface area contributed by atoms with Gasteiger partial charge in [0.05, 0.1) is 21.6 Å². The molecule has 340 valence electrons. The van der Waals surface area contributed by atoms with Crippen molar-refractivity contribution in [2.75, 3.05) is 68.0 Å². The minimum atomic E-state index is -4.59. The number of fused-ring (bicyclic) bond motifs is 1. The van der Waals surface area contributed by atoms with Crippen molar-refractivity contribution >= 4 is 71.3 Å². The highest BCUT2D eigenvalue weighted by Crippen LogP contribution is 2.43. The van der Waals surface area contributed by atoms with Crippen LogP contribution in [-0.4, -0.2) is 96.5 Å². The number of hydrogen-bond acceptors (Lipinski definition) is 11. The number of rotatable bonds is 13. The van der Waals surface area contributed by atoms with E-state index in [0.717, 1.165) is 87.0 Å². The summed E-state index contributed by atoms with van der Waals surface area (Å²) in [7, 11) is -5.20. The number of halogens is 1. The lowest BCUT2D eigenvalue weighted by atomic mass is 9.72. The number of pyridine rings is 1. The van der Waals surface area contributed by atoms with Crippen molar-refractivity contribution in [1.29, 1.82) is 0 Å². The van der Waals surface area contributed by atoms with Gasteiger partial charge < -0.3 is 24.5 Å². The first-order chi connectivity index (χ1) is 30.6. The van der Waals surface area contributed by atoms with Crippen molar-refractivity contribution < 1.29 is 27.4 Å². The van der Waals surface area contributed by atoms with E-state index < -0.39 is 41.5 Å². The largest absolute Gasteiger partial charge is 0.455 e. The molecule has 8 rings (SSSR count). The summed E-state index contributed by atoms with van der Waals surface area (Å²) in [5, 5.41) is 16.8. The smallest absolute Gasteiger partial charge is 0.293 e. The monoisotopic (exact) mass is 930 g/mol. The molecule has 0 unspecified atom stereocenters. The zero-order chi connectivity index (χ0) is 45.2. The number of H-pyrrole nitrogens is 1. The first-order valence-electron chi connectivity index (χ1n) is 21.6. The molecule has 2 saturated heterocycles. The van der Waals surface area contributed by atoms with Crippen LogP contribution in [0.25, 0.3) is 16.6 Å². The number of aromatic amines is 1. The molecular formula is C46H55ClN8O7S2. The van der Waals surface area contributed by atoms with Crippen LogP contribution in [0.1, 0.15) is 61.9 Å². The second kappa shape index (κ2) is 18.6. The minimum Gasteiger partial charge on any atom is -0.455 e. The molecule has 4 N–H and O–H groups in total. The molecule has 15 nitrogen and oxygen atoms in total. The van der Waals surface area contributed by atoms with Crippen molar-refractivity contribution in [2.24, 2.45) is 15.7 Å². The van der Waals surface area contributed by atoms with Crippen LogP contribution in [0.15, 0.2) is 100 Å². The van der Waals surface area contributed by atoms with Crippen molar-refractivity contribution in [2.45, 2.75) is 50.8 Å². The summed E-state index contributed by atoms with van der Waals surface area (Å²) < 4.78 is 50.6. The fourth-order valence-corrected chi connectivity index (χ4v) is 12.2. The van der Waals surface area contributed by atoms with Gasteiger partial charge in [-0.15, -0.1) is 10.1 Å². The molecule has 0 radical (unpaired) electrons. The second-order valence-electron chi connectivity index (χ2n) is 17.8. The van der Waals surface area contributed by atoms with Gasteiger partial charge in [-0.3, -0.25) is 24.2 Å². The Labute approximate surface area is 379 Å². The molecule has 1 amide bonds. The topological polar surface area (TPSA) is 195 Å². The lowest BCUT2D eigenvalue weighted by Crippen LogP contribution is -2.47. The van der Waals surface area contributed by atoms with E-state index in [0.29, 0.717) is 29.4 Å². The van der Waals surface area contributed by atoms with Crippen LogP contribution in [0.4, 0.5) is 17.1 Å². The van der Waals surface area contributed by atoms with Crippen molar-refractivity contribution in [3.8, 4) is 11.5 Å². The maximum atomic E-state index is 14.0. The molecule has 3 aliphatic rings. The van der Waals surface area contributed by atoms with Crippen LogP contribution >= 0.6 is 11.6 Å². The van der Waals surface area contributed by atoms with E-state index in [-0.39, 0.29) is 28.3 Å². The number of hydrogen-bond donors (Lipinski definition) is 5. The zero-order valence-corrected chi connectivity index (χ0v) is 38.7. The number of ether oxygens (including phenoxy) is 1. The number of thiol groups is 1. The summed E-state index contributed by atoms with van der Waals surface area (Å²) in [4.78, 5) is 37.2. The number of nitro benzene ring substituents is 1. The third-order valence-corrected chi connectivity index (χ3v) is 17.1. The summed E-state index contributed by atoms with van der Waals surface area (Å²) in [5.74, 6) is 0.872. The molecule has 4 heterocycles. The summed E-state index contributed by atoms with van der Waals surface area (Å²) in [5.41, 5.74) is 5.44. The molecule has 0 spiro atoms. The van der Waals surface area contributed by atoms with Gasteiger partial charge in [-0.05, 0) is 103 Å². The second-order valence-corrected chi connectivity index (χ2v) is 23.0. The Hall–Kier alpha value is -5.33. The first kappa shape index (κ1) is 45.2. The molecule has 2 aromatic heterocycles. The van der Waals surface area contributed by atoms with E-state index in [1.807, 2.05) is 18.2 Å². The normalized spacial score (nSPS) is 19.5. The Morgan fingerprint density at radius 2 is 1.81 bits per heavy atom. The van der Waals surface area contributed by atoms with Crippen LogP contribution in [0.2, 0.25) is 5.02 Å². The number of amides is 1. The molecule has 3 aromatic carbocycles. The van der Waals surface area contributed by atoms with Crippen molar-refractivity contribution in [3.63, 3.8) is 0 Å². The Morgan fingerprint density at radius 3 is 2.53 bits per heavy atom. The number of nitro groups is 1. The fraction of sp³-hybridized carbons (Fsp3) is 0.391. The molecule has 2 aliphatic heterocycles. The van der Waals surface area contributed by atoms with E-state index in [9.17, 15) is 27.9 Å². The van der Waals surface area contributed by atoms with Gasteiger partial charge in [-0.2, -0.15) is 0 Å². The van der Waals surface area contributed by atoms with E-state index in [4.69, 9.17) is 16.3 Å². The van der Waals surface area contributed by atoms with Crippen molar-refractivity contribution in [1.82, 2.24) is 19.6 Å². The number of aromatic nitrogens is 2. The van der Waals surface area contributed by atoms with Crippen LogP contribution in [0, 0.1) is 21.4 Å². The highest BCUT2D eigenvalue weighted by Gasteiger charge is 2.31. The zero-order valence-electron chi connectivity index (χ0n) is 36.2. The van der Waals surface area contributed by atoms with Gasteiger partial charge >= 0.3 is 0 Å². The molecule has 0 atom stereocenters. The summed E-state index contributed by atoms with van der Waals surface area (Å²) in [6.07, 6.45) is 7.91.